The van der Waals surface area contributed by atoms with Crippen molar-refractivity contribution in [3.8, 4) is 0 Å². The third-order valence-corrected chi connectivity index (χ3v) is 3.72. The SMILES string of the molecule is CCCNC(c1c(C)cc(C)cc1F)C(C)CCC. The molecule has 1 rings (SSSR count). The van der Waals surface area contributed by atoms with E-state index < -0.39 is 0 Å². The van der Waals surface area contributed by atoms with E-state index in [2.05, 4.69) is 32.2 Å². The maximum Gasteiger partial charge on any atom is 0.128 e. The standard InChI is InChI=1S/C17H28FN/c1-6-8-13(4)17(19-9-7-2)16-14(5)10-12(3)11-15(16)18/h10-11,13,17,19H,6-9H2,1-5H3. The Morgan fingerprint density at radius 2 is 1.84 bits per heavy atom. The van der Waals surface area contributed by atoms with Crippen molar-refractivity contribution >= 4 is 0 Å². The molecule has 0 heterocycles. The largest absolute Gasteiger partial charge is 0.310 e. The highest BCUT2D eigenvalue weighted by Gasteiger charge is 2.23. The molecule has 0 fully saturated rings. The van der Waals surface area contributed by atoms with E-state index in [1.54, 1.807) is 6.07 Å². The molecule has 2 atom stereocenters. The van der Waals surface area contributed by atoms with Crippen molar-refractivity contribution in [1.29, 1.82) is 0 Å². The van der Waals surface area contributed by atoms with Gasteiger partial charge in [-0.15, -0.1) is 0 Å². The molecule has 0 radical (unpaired) electrons. The minimum Gasteiger partial charge on any atom is -0.310 e. The zero-order chi connectivity index (χ0) is 14.4. The number of hydrogen-bond acceptors (Lipinski definition) is 1. The van der Waals surface area contributed by atoms with Gasteiger partial charge in [0.2, 0.25) is 0 Å². The van der Waals surface area contributed by atoms with E-state index in [1.807, 2.05) is 13.8 Å². The molecule has 0 saturated heterocycles. The maximum atomic E-state index is 14.3. The van der Waals surface area contributed by atoms with Crippen molar-refractivity contribution in [2.45, 2.75) is 59.9 Å². The highest BCUT2D eigenvalue weighted by molar-refractivity contribution is 5.34. The van der Waals surface area contributed by atoms with Crippen LogP contribution in [0.3, 0.4) is 0 Å². The quantitative estimate of drug-likeness (QED) is 0.738. The van der Waals surface area contributed by atoms with Crippen molar-refractivity contribution in [2.75, 3.05) is 6.54 Å². The number of nitrogens with one attached hydrogen (secondary N) is 1. The fourth-order valence-electron chi connectivity index (χ4n) is 2.83. The van der Waals surface area contributed by atoms with Crippen molar-refractivity contribution in [3.63, 3.8) is 0 Å². The molecule has 0 aliphatic rings. The molecule has 2 heteroatoms. The van der Waals surface area contributed by atoms with Gasteiger partial charge >= 0.3 is 0 Å². The number of halogens is 1. The summed E-state index contributed by atoms with van der Waals surface area (Å²) in [5.74, 6) is 0.390. The molecular formula is C17H28FN. The van der Waals surface area contributed by atoms with Crippen LogP contribution in [-0.4, -0.2) is 6.54 Å². The summed E-state index contributed by atoms with van der Waals surface area (Å²) in [7, 11) is 0. The second-order valence-corrected chi connectivity index (χ2v) is 5.68. The smallest absolute Gasteiger partial charge is 0.128 e. The molecular weight excluding hydrogens is 237 g/mol. The summed E-state index contributed by atoms with van der Waals surface area (Å²) >= 11 is 0. The fraction of sp³-hybridized carbons (Fsp3) is 0.647. The van der Waals surface area contributed by atoms with Crippen LogP contribution in [0, 0.1) is 25.6 Å². The molecule has 0 bridgehead atoms. The van der Waals surface area contributed by atoms with Crippen LogP contribution < -0.4 is 5.32 Å². The van der Waals surface area contributed by atoms with Crippen molar-refractivity contribution in [2.24, 2.45) is 5.92 Å². The highest BCUT2D eigenvalue weighted by atomic mass is 19.1. The van der Waals surface area contributed by atoms with Gasteiger partial charge in [0.05, 0.1) is 0 Å². The number of rotatable bonds is 7. The first-order chi connectivity index (χ1) is 9.01. The Labute approximate surface area is 117 Å². The van der Waals surface area contributed by atoms with Gasteiger partial charge in [-0.25, -0.2) is 4.39 Å². The van der Waals surface area contributed by atoms with Crippen molar-refractivity contribution < 1.29 is 4.39 Å². The Bertz CT molecular complexity index is 377. The highest BCUT2D eigenvalue weighted by Crippen LogP contribution is 2.30. The Morgan fingerprint density at radius 1 is 1.16 bits per heavy atom. The summed E-state index contributed by atoms with van der Waals surface area (Å²) in [6.45, 7) is 11.5. The Kier molecular flexibility index (Phi) is 6.50. The van der Waals surface area contributed by atoms with E-state index >= 15 is 0 Å². The number of aryl methyl sites for hydroxylation is 2. The molecule has 1 nitrogen and oxygen atoms in total. The molecule has 1 aromatic carbocycles. The maximum absolute atomic E-state index is 14.3. The monoisotopic (exact) mass is 265 g/mol. The van der Waals surface area contributed by atoms with Gasteiger partial charge in [-0.3, -0.25) is 0 Å². The molecule has 19 heavy (non-hydrogen) atoms. The summed E-state index contributed by atoms with van der Waals surface area (Å²) in [5.41, 5.74) is 2.92. The molecule has 1 aromatic rings. The van der Waals surface area contributed by atoms with Gasteiger partial charge in [0.25, 0.3) is 0 Å². The summed E-state index contributed by atoms with van der Waals surface area (Å²) in [6, 6.07) is 3.86. The van der Waals surface area contributed by atoms with Crippen LogP contribution in [0.5, 0.6) is 0 Å². The summed E-state index contributed by atoms with van der Waals surface area (Å²) in [5, 5.41) is 3.53. The zero-order valence-electron chi connectivity index (χ0n) is 13.0. The summed E-state index contributed by atoms with van der Waals surface area (Å²) < 4.78 is 14.3. The molecule has 2 unspecified atom stereocenters. The van der Waals surface area contributed by atoms with Crippen LogP contribution in [0.15, 0.2) is 12.1 Å². The minimum absolute atomic E-state index is 0.0611. The average molecular weight is 265 g/mol. The van der Waals surface area contributed by atoms with Crippen LogP contribution in [0.4, 0.5) is 4.39 Å². The normalized spacial score (nSPS) is 14.4. The summed E-state index contributed by atoms with van der Waals surface area (Å²) in [6.07, 6.45) is 3.33. The predicted octanol–water partition coefficient (Wildman–Crippen LogP) is 4.92. The molecule has 0 saturated carbocycles. The third kappa shape index (κ3) is 4.31. The molecule has 0 amide bonds. The Morgan fingerprint density at radius 3 is 2.37 bits per heavy atom. The lowest BCUT2D eigenvalue weighted by Crippen LogP contribution is -2.29. The first-order valence-electron chi connectivity index (χ1n) is 7.51. The van der Waals surface area contributed by atoms with Gasteiger partial charge in [0, 0.05) is 11.6 Å². The topological polar surface area (TPSA) is 12.0 Å². The predicted molar refractivity (Wildman–Crippen MR) is 81.0 cm³/mol. The van der Waals surface area contributed by atoms with E-state index in [0.717, 1.165) is 42.5 Å². The van der Waals surface area contributed by atoms with E-state index in [-0.39, 0.29) is 11.9 Å². The van der Waals surface area contributed by atoms with Gasteiger partial charge in [0.15, 0.2) is 0 Å². The number of hydrogen-bond donors (Lipinski definition) is 1. The van der Waals surface area contributed by atoms with Gasteiger partial charge in [-0.1, -0.05) is 33.3 Å². The molecule has 1 N–H and O–H groups in total. The molecule has 0 aromatic heterocycles. The Hall–Kier alpha value is -0.890. The summed E-state index contributed by atoms with van der Waals surface area (Å²) in [4.78, 5) is 0. The first kappa shape index (κ1) is 16.2. The van der Waals surface area contributed by atoms with E-state index in [1.165, 1.54) is 0 Å². The lowest BCUT2D eigenvalue weighted by Gasteiger charge is -2.27. The van der Waals surface area contributed by atoms with Gasteiger partial charge in [-0.05, 0) is 56.3 Å². The third-order valence-electron chi connectivity index (χ3n) is 3.72. The van der Waals surface area contributed by atoms with Crippen molar-refractivity contribution in [3.05, 3.63) is 34.6 Å². The second-order valence-electron chi connectivity index (χ2n) is 5.68. The fourth-order valence-corrected chi connectivity index (χ4v) is 2.83. The van der Waals surface area contributed by atoms with Crippen LogP contribution >= 0.6 is 0 Å². The molecule has 0 aliphatic heterocycles. The average Bonchev–Trinajstić information content (AvgIpc) is 2.32. The minimum atomic E-state index is -0.0611. The van der Waals surface area contributed by atoms with Gasteiger partial charge in [-0.2, -0.15) is 0 Å². The molecule has 0 spiro atoms. The van der Waals surface area contributed by atoms with Crippen LogP contribution in [0.1, 0.15) is 62.8 Å². The van der Waals surface area contributed by atoms with E-state index in [0.29, 0.717) is 5.92 Å². The lowest BCUT2D eigenvalue weighted by molar-refractivity contribution is 0.352. The number of benzene rings is 1. The Balaban J connectivity index is 3.09. The van der Waals surface area contributed by atoms with Crippen LogP contribution in [0.2, 0.25) is 0 Å². The van der Waals surface area contributed by atoms with Crippen LogP contribution in [-0.2, 0) is 0 Å². The van der Waals surface area contributed by atoms with E-state index in [9.17, 15) is 4.39 Å². The molecule has 108 valence electrons. The van der Waals surface area contributed by atoms with E-state index in [4.69, 9.17) is 0 Å². The first-order valence-corrected chi connectivity index (χ1v) is 7.51. The van der Waals surface area contributed by atoms with Gasteiger partial charge < -0.3 is 5.32 Å². The van der Waals surface area contributed by atoms with Crippen molar-refractivity contribution in [1.82, 2.24) is 5.32 Å². The van der Waals surface area contributed by atoms with Crippen LogP contribution in [0.25, 0.3) is 0 Å². The van der Waals surface area contributed by atoms with Gasteiger partial charge in [0.1, 0.15) is 5.82 Å². The molecule has 0 aliphatic carbocycles. The lowest BCUT2D eigenvalue weighted by atomic mass is 9.87. The second kappa shape index (κ2) is 7.64. The zero-order valence-corrected chi connectivity index (χ0v) is 13.0.